The van der Waals surface area contributed by atoms with Crippen molar-refractivity contribution in [3.8, 4) is 0 Å². The molecule has 0 N–H and O–H groups in total. The predicted molar refractivity (Wildman–Crippen MR) is 60.9 cm³/mol. The minimum Gasteiger partial charge on any atom is -0.269 e. The Bertz CT molecular complexity index is 548. The van der Waals surface area contributed by atoms with Crippen molar-refractivity contribution in [1.82, 2.24) is 0 Å². The molecule has 0 aliphatic carbocycles. The van der Waals surface area contributed by atoms with Gasteiger partial charge in [-0.1, -0.05) is 0 Å². The molecule has 1 aliphatic rings. The van der Waals surface area contributed by atoms with Crippen LogP contribution in [0.25, 0.3) is 0 Å². The number of amides is 2. The molecule has 0 radical (unpaired) electrons. The summed E-state index contributed by atoms with van der Waals surface area (Å²) in [5.41, 5.74) is -0.735. The highest BCUT2D eigenvalue weighted by Crippen LogP contribution is 2.32. The summed E-state index contributed by atoms with van der Waals surface area (Å²) >= 11 is 2.90. The average Bonchev–Trinajstić information content (AvgIpc) is 2.52. The summed E-state index contributed by atoms with van der Waals surface area (Å²) in [4.78, 5) is 23.8. The molecule has 0 spiro atoms. The van der Waals surface area contributed by atoms with E-state index in [-0.39, 0.29) is 10.2 Å². The van der Waals surface area contributed by atoms with Gasteiger partial charge in [-0.3, -0.25) is 9.59 Å². The van der Waals surface area contributed by atoms with Crippen molar-refractivity contribution >= 4 is 33.4 Å². The van der Waals surface area contributed by atoms with E-state index < -0.39 is 23.6 Å². The molecule has 7 heteroatoms. The number of alkyl halides is 3. The van der Waals surface area contributed by atoms with Crippen molar-refractivity contribution in [2.24, 2.45) is 0 Å². The van der Waals surface area contributed by atoms with Crippen molar-refractivity contribution in [2.45, 2.75) is 6.18 Å². The Hall–Kier alpha value is -1.63. The summed E-state index contributed by atoms with van der Waals surface area (Å²) in [7, 11) is 0. The molecule has 1 aliphatic heterocycles. The van der Waals surface area contributed by atoms with Gasteiger partial charge in [-0.05, 0) is 40.2 Å². The lowest BCUT2D eigenvalue weighted by Crippen LogP contribution is -2.30. The van der Waals surface area contributed by atoms with Gasteiger partial charge in [-0.15, -0.1) is 0 Å². The molecule has 1 aromatic rings. The van der Waals surface area contributed by atoms with Gasteiger partial charge < -0.3 is 0 Å². The van der Waals surface area contributed by atoms with Crippen molar-refractivity contribution in [2.75, 3.05) is 4.90 Å². The van der Waals surface area contributed by atoms with E-state index in [9.17, 15) is 22.8 Å². The summed E-state index contributed by atoms with van der Waals surface area (Å²) < 4.78 is 37.1. The first-order valence-corrected chi connectivity index (χ1v) is 5.53. The Kier molecular flexibility index (Phi) is 3.02. The number of rotatable bonds is 1. The number of anilines is 1. The van der Waals surface area contributed by atoms with Gasteiger partial charge in [0.1, 0.15) is 0 Å². The monoisotopic (exact) mass is 319 g/mol. The minimum atomic E-state index is -4.45. The second kappa shape index (κ2) is 4.24. The van der Waals surface area contributed by atoms with Crippen LogP contribution in [0.2, 0.25) is 0 Å². The Morgan fingerprint density at radius 1 is 1.06 bits per heavy atom. The number of imide groups is 1. The molecule has 2 amide bonds. The van der Waals surface area contributed by atoms with Crippen LogP contribution in [-0.2, 0) is 15.8 Å². The van der Waals surface area contributed by atoms with Gasteiger partial charge in [0.05, 0.1) is 15.7 Å². The second-order valence-electron chi connectivity index (χ2n) is 3.52. The van der Waals surface area contributed by atoms with Crippen molar-refractivity contribution in [3.63, 3.8) is 0 Å². The zero-order chi connectivity index (χ0) is 13.5. The minimum absolute atomic E-state index is 0.0763. The first-order valence-electron chi connectivity index (χ1n) is 4.73. The molecule has 94 valence electrons. The fourth-order valence-corrected chi connectivity index (χ4v) is 1.86. The van der Waals surface area contributed by atoms with E-state index in [1.807, 2.05) is 0 Å². The molecule has 3 nitrogen and oxygen atoms in total. The number of hydrogen-bond donors (Lipinski definition) is 0. The molecule has 0 saturated carbocycles. The van der Waals surface area contributed by atoms with Gasteiger partial charge in [0.25, 0.3) is 11.8 Å². The second-order valence-corrected chi connectivity index (χ2v) is 4.37. The number of carbonyl (C=O) groups excluding carboxylic acids is 2. The van der Waals surface area contributed by atoms with E-state index >= 15 is 0 Å². The molecule has 1 aromatic carbocycles. The van der Waals surface area contributed by atoms with E-state index in [4.69, 9.17) is 0 Å². The molecule has 1 heterocycles. The first kappa shape index (κ1) is 12.8. The lowest BCUT2D eigenvalue weighted by molar-refractivity contribution is -0.137. The molecule has 0 saturated heterocycles. The maximum atomic E-state index is 12.3. The van der Waals surface area contributed by atoms with Crippen LogP contribution in [0.5, 0.6) is 0 Å². The zero-order valence-electron chi connectivity index (χ0n) is 8.66. The standard InChI is InChI=1S/C11H5BrF3NO2/c12-8-5-9(17)16(10(8)18)7-3-1-6(2-4-7)11(13,14)15/h1-5H. The summed E-state index contributed by atoms with van der Waals surface area (Å²) in [6.07, 6.45) is -3.38. The van der Waals surface area contributed by atoms with Crippen molar-refractivity contribution in [1.29, 1.82) is 0 Å². The van der Waals surface area contributed by atoms with Gasteiger partial charge in [0, 0.05) is 6.08 Å². The van der Waals surface area contributed by atoms with Crippen LogP contribution in [0.3, 0.4) is 0 Å². The van der Waals surface area contributed by atoms with Crippen LogP contribution in [0.15, 0.2) is 34.8 Å². The first-order chi connectivity index (χ1) is 8.30. The van der Waals surface area contributed by atoms with Crippen LogP contribution in [0, 0.1) is 0 Å². The Morgan fingerprint density at radius 3 is 2.00 bits per heavy atom. The van der Waals surface area contributed by atoms with Crippen LogP contribution in [0.4, 0.5) is 18.9 Å². The summed E-state index contributed by atoms with van der Waals surface area (Å²) in [5.74, 6) is -1.19. The van der Waals surface area contributed by atoms with Crippen molar-refractivity contribution in [3.05, 3.63) is 40.4 Å². The van der Waals surface area contributed by atoms with E-state index in [1.165, 1.54) is 0 Å². The molecular weight excluding hydrogens is 315 g/mol. The Balaban J connectivity index is 2.32. The van der Waals surface area contributed by atoms with Gasteiger partial charge in [0.15, 0.2) is 0 Å². The summed E-state index contributed by atoms with van der Waals surface area (Å²) in [6, 6.07) is 3.81. The molecule has 0 bridgehead atoms. The largest absolute Gasteiger partial charge is 0.416 e. The van der Waals surface area contributed by atoms with Crippen LogP contribution >= 0.6 is 15.9 Å². The van der Waals surface area contributed by atoms with Crippen LogP contribution < -0.4 is 4.90 Å². The predicted octanol–water partition coefficient (Wildman–Crippen LogP) is 2.86. The maximum Gasteiger partial charge on any atom is 0.416 e. The third-order valence-electron chi connectivity index (χ3n) is 2.33. The molecular formula is C11H5BrF3NO2. The number of nitrogens with zero attached hydrogens (tertiary/aromatic N) is 1. The third kappa shape index (κ3) is 2.17. The average molecular weight is 320 g/mol. The number of halogens is 4. The number of benzene rings is 1. The fraction of sp³-hybridized carbons (Fsp3) is 0.0909. The molecule has 0 fully saturated rings. The molecule has 0 aromatic heterocycles. The Morgan fingerprint density at radius 2 is 1.61 bits per heavy atom. The van der Waals surface area contributed by atoms with Gasteiger partial charge >= 0.3 is 6.18 Å². The highest BCUT2D eigenvalue weighted by atomic mass is 79.9. The van der Waals surface area contributed by atoms with Gasteiger partial charge in [-0.2, -0.15) is 13.2 Å². The van der Waals surface area contributed by atoms with Crippen LogP contribution in [0.1, 0.15) is 5.56 Å². The highest BCUT2D eigenvalue weighted by molar-refractivity contribution is 9.12. The van der Waals surface area contributed by atoms with Crippen LogP contribution in [-0.4, -0.2) is 11.8 Å². The lowest BCUT2D eigenvalue weighted by atomic mass is 10.2. The molecule has 0 atom stereocenters. The number of hydrogen-bond acceptors (Lipinski definition) is 2. The summed E-state index contributed by atoms with van der Waals surface area (Å²) in [5, 5.41) is 0. The summed E-state index contributed by atoms with van der Waals surface area (Å²) in [6.45, 7) is 0. The topological polar surface area (TPSA) is 37.4 Å². The fourth-order valence-electron chi connectivity index (χ4n) is 1.49. The third-order valence-corrected chi connectivity index (χ3v) is 2.90. The molecule has 0 unspecified atom stereocenters. The molecule has 2 rings (SSSR count). The highest BCUT2D eigenvalue weighted by Gasteiger charge is 2.33. The zero-order valence-corrected chi connectivity index (χ0v) is 10.2. The number of carbonyl (C=O) groups is 2. The Labute approximate surface area is 108 Å². The van der Waals surface area contributed by atoms with E-state index in [1.54, 1.807) is 0 Å². The SMILES string of the molecule is O=C1C=C(Br)C(=O)N1c1ccc(C(F)(F)F)cc1. The smallest absolute Gasteiger partial charge is 0.269 e. The van der Waals surface area contributed by atoms with Crippen molar-refractivity contribution < 1.29 is 22.8 Å². The quantitative estimate of drug-likeness (QED) is 0.746. The molecule has 18 heavy (non-hydrogen) atoms. The van der Waals surface area contributed by atoms with Gasteiger partial charge in [0.2, 0.25) is 0 Å². The maximum absolute atomic E-state index is 12.3. The normalized spacial score (nSPS) is 16.2. The van der Waals surface area contributed by atoms with E-state index in [0.29, 0.717) is 0 Å². The van der Waals surface area contributed by atoms with E-state index in [2.05, 4.69) is 15.9 Å². The van der Waals surface area contributed by atoms with E-state index in [0.717, 1.165) is 35.2 Å². The lowest BCUT2D eigenvalue weighted by Gasteiger charge is -2.15. The van der Waals surface area contributed by atoms with Gasteiger partial charge in [-0.25, -0.2) is 4.90 Å².